The van der Waals surface area contributed by atoms with Crippen LogP contribution in [-0.2, 0) is 0 Å². The number of fused-ring (bicyclic) bond motifs is 4. The summed E-state index contributed by atoms with van der Waals surface area (Å²) in [4.78, 5) is 0. The van der Waals surface area contributed by atoms with Crippen LogP contribution in [-0.4, -0.2) is 11.7 Å². The van der Waals surface area contributed by atoms with Gasteiger partial charge in [0.2, 0.25) is 0 Å². The van der Waals surface area contributed by atoms with Crippen molar-refractivity contribution in [3.05, 3.63) is 65.9 Å². The molecule has 0 aromatic heterocycles. The van der Waals surface area contributed by atoms with Gasteiger partial charge in [0.15, 0.2) is 0 Å². The number of methoxy groups -OCH3 is 1. The van der Waals surface area contributed by atoms with Gasteiger partial charge >= 0.3 is 0 Å². The Morgan fingerprint density at radius 1 is 0.875 bits per heavy atom. The zero-order valence-electron chi connectivity index (χ0n) is 13.2. The zero-order chi connectivity index (χ0) is 16.3. The van der Waals surface area contributed by atoms with Gasteiger partial charge in [0.1, 0.15) is 5.75 Å². The van der Waals surface area contributed by atoms with Crippen LogP contribution in [0.25, 0.3) is 43.5 Å². The average molecular weight is 329 g/mol. The molecule has 2 aliphatic heterocycles. The lowest BCUT2D eigenvalue weighted by Crippen LogP contribution is -2.12. The smallest absolute Gasteiger partial charge is 0.119 e. The number of aromatic nitrogens is 1. The van der Waals surface area contributed by atoms with Crippen LogP contribution in [0.5, 0.6) is 5.75 Å². The summed E-state index contributed by atoms with van der Waals surface area (Å²) in [6.45, 7) is 4.37. The van der Waals surface area contributed by atoms with E-state index in [-0.39, 0.29) is 0 Å². The molecular weight excluding hydrogens is 314 g/mol. The van der Waals surface area contributed by atoms with Gasteiger partial charge in [-0.3, -0.25) is 0 Å². The van der Waals surface area contributed by atoms with Gasteiger partial charge in [-0.25, -0.2) is 0 Å². The normalized spacial score (nSPS) is 11.7. The Bertz CT molecular complexity index is 1260. The van der Waals surface area contributed by atoms with Crippen LogP contribution in [0.3, 0.4) is 0 Å². The van der Waals surface area contributed by atoms with E-state index in [4.69, 9.17) is 4.74 Å². The largest absolute Gasteiger partial charge is 0.497 e. The highest BCUT2D eigenvalue weighted by atomic mass is 32.1. The van der Waals surface area contributed by atoms with Gasteiger partial charge in [0, 0.05) is 10.8 Å². The highest BCUT2D eigenvalue weighted by Crippen LogP contribution is 2.37. The number of hydrogen-bond acceptors (Lipinski definition) is 2. The third-order valence-electron chi connectivity index (χ3n) is 4.64. The van der Waals surface area contributed by atoms with E-state index in [1.165, 1.54) is 26.0 Å². The molecule has 116 valence electrons. The number of nitrogens with zero attached hydrogens (tertiary/aromatic N) is 1. The van der Waals surface area contributed by atoms with Gasteiger partial charge < -0.3 is 9.30 Å². The molecule has 0 bridgehead atoms. The number of ether oxygens (including phenoxy) is 1. The van der Waals surface area contributed by atoms with Gasteiger partial charge in [-0.15, -0.1) is 11.3 Å². The van der Waals surface area contributed by atoms with Gasteiger partial charge in [0.05, 0.1) is 33.2 Å². The Hall–Kier alpha value is -2.78. The van der Waals surface area contributed by atoms with Crippen molar-refractivity contribution < 1.29 is 4.74 Å². The second kappa shape index (κ2) is 4.86. The fourth-order valence-electron chi connectivity index (χ4n) is 3.52. The predicted octanol–water partition coefficient (Wildman–Crippen LogP) is 5.14. The van der Waals surface area contributed by atoms with Crippen LogP contribution >= 0.6 is 11.3 Å². The lowest BCUT2D eigenvalue weighted by atomic mass is 10.0. The Kier molecular flexibility index (Phi) is 2.76. The monoisotopic (exact) mass is 329 g/mol. The molecule has 3 aromatic carbocycles. The first-order valence-corrected chi connectivity index (χ1v) is 8.67. The molecule has 3 aromatic rings. The van der Waals surface area contributed by atoms with Gasteiger partial charge in [-0.05, 0) is 41.6 Å². The van der Waals surface area contributed by atoms with Crippen molar-refractivity contribution >= 4 is 49.1 Å². The van der Waals surface area contributed by atoms with Crippen molar-refractivity contribution in [2.45, 2.75) is 0 Å². The first-order chi connectivity index (χ1) is 11.8. The van der Waals surface area contributed by atoms with Crippen molar-refractivity contribution in [1.82, 2.24) is 4.57 Å². The van der Waals surface area contributed by atoms with Crippen molar-refractivity contribution in [2.75, 3.05) is 7.11 Å². The minimum absolute atomic E-state index is 0.856. The van der Waals surface area contributed by atoms with Crippen LogP contribution in [0.15, 0.2) is 60.7 Å². The van der Waals surface area contributed by atoms with E-state index in [0.717, 1.165) is 21.9 Å². The molecule has 0 fully saturated rings. The van der Waals surface area contributed by atoms with Crippen LogP contribution in [0.2, 0.25) is 0 Å². The Labute approximate surface area is 143 Å². The third-order valence-corrected chi connectivity index (χ3v) is 5.76. The minimum Gasteiger partial charge on any atom is -0.497 e. The molecule has 24 heavy (non-hydrogen) atoms. The van der Waals surface area contributed by atoms with E-state index in [2.05, 4.69) is 65.7 Å². The van der Waals surface area contributed by atoms with Crippen molar-refractivity contribution in [3.63, 3.8) is 0 Å². The molecule has 5 rings (SSSR count). The summed E-state index contributed by atoms with van der Waals surface area (Å²) in [5.74, 6) is 0.856. The first kappa shape index (κ1) is 13.6. The van der Waals surface area contributed by atoms with E-state index in [1.807, 2.05) is 17.4 Å². The molecule has 0 aliphatic carbocycles. The molecule has 0 amide bonds. The SMILES string of the molecule is C=c1c2cccc3sc4ccccc4n(c4ccc(OC)cc14)-c32. The lowest BCUT2D eigenvalue weighted by molar-refractivity contribution is 0.415. The van der Waals surface area contributed by atoms with E-state index < -0.39 is 0 Å². The van der Waals surface area contributed by atoms with E-state index in [1.54, 1.807) is 7.11 Å². The van der Waals surface area contributed by atoms with Crippen molar-refractivity contribution in [3.8, 4) is 11.4 Å². The summed E-state index contributed by atoms with van der Waals surface area (Å²) in [7, 11) is 1.70. The maximum atomic E-state index is 5.43. The highest BCUT2D eigenvalue weighted by molar-refractivity contribution is 7.24. The van der Waals surface area contributed by atoms with Gasteiger partial charge in [-0.2, -0.15) is 0 Å². The molecule has 3 heteroatoms. The molecule has 0 unspecified atom stereocenters. The van der Waals surface area contributed by atoms with Crippen LogP contribution in [0.4, 0.5) is 0 Å². The molecule has 0 N–H and O–H groups in total. The van der Waals surface area contributed by atoms with Gasteiger partial charge in [0.25, 0.3) is 0 Å². The predicted molar refractivity (Wildman–Crippen MR) is 103 cm³/mol. The molecule has 0 atom stereocenters. The molecule has 0 radical (unpaired) electrons. The molecular formula is C21H15NOS. The Morgan fingerprint density at radius 3 is 2.58 bits per heavy atom. The topological polar surface area (TPSA) is 14.2 Å². The molecule has 0 spiro atoms. The van der Waals surface area contributed by atoms with Gasteiger partial charge in [-0.1, -0.05) is 30.8 Å². The number of benzene rings is 3. The summed E-state index contributed by atoms with van der Waals surface area (Å²) in [5.41, 5.74) is 3.62. The maximum Gasteiger partial charge on any atom is 0.119 e. The standard InChI is InChI=1S/C21H15NOS/c1-13-15-6-5-9-20-21(15)22(18-7-3-4-8-19(18)24-20)17-11-10-14(23-2)12-16(13)17/h3-12H,1H2,2H3. The molecule has 2 nitrogen and oxygen atoms in total. The minimum atomic E-state index is 0.856. The van der Waals surface area contributed by atoms with Crippen molar-refractivity contribution in [2.24, 2.45) is 0 Å². The Morgan fingerprint density at radius 2 is 1.71 bits per heavy atom. The number of rotatable bonds is 1. The lowest BCUT2D eigenvalue weighted by Gasteiger charge is -2.21. The summed E-state index contributed by atoms with van der Waals surface area (Å²) in [6.07, 6.45) is 0. The molecule has 2 aliphatic rings. The molecule has 2 heterocycles. The second-order valence-electron chi connectivity index (χ2n) is 5.92. The fraction of sp³-hybridized carbons (Fsp3) is 0.0476. The Balaban J connectivity index is 2.18. The van der Waals surface area contributed by atoms with E-state index in [0.29, 0.717) is 0 Å². The third kappa shape index (κ3) is 1.70. The highest BCUT2D eigenvalue weighted by Gasteiger charge is 2.16. The fourth-order valence-corrected chi connectivity index (χ4v) is 4.61. The number of pyridine rings is 1. The number of hydrogen-bond donors (Lipinski definition) is 0. The zero-order valence-corrected chi connectivity index (χ0v) is 14.1. The summed E-state index contributed by atoms with van der Waals surface area (Å²) in [6, 6.07) is 21.3. The summed E-state index contributed by atoms with van der Waals surface area (Å²) >= 11 is 1.83. The number of para-hydroxylation sites is 2. The van der Waals surface area contributed by atoms with E-state index >= 15 is 0 Å². The average Bonchev–Trinajstić information content (AvgIpc) is 2.64. The summed E-state index contributed by atoms with van der Waals surface area (Å²) < 4.78 is 10.3. The van der Waals surface area contributed by atoms with E-state index in [9.17, 15) is 0 Å². The van der Waals surface area contributed by atoms with Crippen molar-refractivity contribution in [1.29, 1.82) is 0 Å². The van der Waals surface area contributed by atoms with Crippen LogP contribution < -0.4 is 9.96 Å². The molecule has 0 saturated heterocycles. The first-order valence-electron chi connectivity index (χ1n) is 7.85. The van der Waals surface area contributed by atoms with Crippen LogP contribution in [0.1, 0.15) is 0 Å². The quantitative estimate of drug-likeness (QED) is 0.307. The molecule has 0 saturated carbocycles. The maximum absolute atomic E-state index is 5.43. The van der Waals surface area contributed by atoms with Crippen LogP contribution in [0, 0.1) is 0 Å². The second-order valence-corrected chi connectivity index (χ2v) is 7.00. The summed E-state index contributed by atoms with van der Waals surface area (Å²) in [5, 5.41) is 3.37.